The highest BCUT2D eigenvalue weighted by molar-refractivity contribution is 5.02. The van der Waals surface area contributed by atoms with Gasteiger partial charge in [-0.2, -0.15) is 13.2 Å². The molecule has 1 rings (SSSR count). The first kappa shape index (κ1) is 9.84. The molecule has 12 heavy (non-hydrogen) atoms. The number of alkyl halides is 3. The van der Waals surface area contributed by atoms with Crippen LogP contribution in [0.2, 0.25) is 0 Å². The molecule has 1 N–H and O–H groups in total. The van der Waals surface area contributed by atoms with Crippen LogP contribution < -0.4 is 0 Å². The van der Waals surface area contributed by atoms with Gasteiger partial charge in [0.05, 0.1) is 0 Å². The van der Waals surface area contributed by atoms with E-state index in [9.17, 15) is 18.3 Å². The SMILES string of the molecule is CCC(O)(C1CC1C)C(F)(F)F. The number of rotatable bonds is 2. The monoisotopic (exact) mass is 182 g/mol. The van der Waals surface area contributed by atoms with E-state index in [0.717, 1.165) is 0 Å². The van der Waals surface area contributed by atoms with Gasteiger partial charge in [0.15, 0.2) is 5.60 Å². The van der Waals surface area contributed by atoms with Crippen molar-refractivity contribution >= 4 is 0 Å². The summed E-state index contributed by atoms with van der Waals surface area (Å²) in [5.74, 6) is -0.570. The van der Waals surface area contributed by atoms with E-state index in [4.69, 9.17) is 0 Å². The van der Waals surface area contributed by atoms with Gasteiger partial charge in [0.2, 0.25) is 0 Å². The van der Waals surface area contributed by atoms with Crippen LogP contribution in [-0.4, -0.2) is 16.9 Å². The summed E-state index contributed by atoms with van der Waals surface area (Å²) in [7, 11) is 0. The minimum absolute atomic E-state index is 0.0107. The van der Waals surface area contributed by atoms with E-state index >= 15 is 0 Å². The number of hydrogen-bond donors (Lipinski definition) is 1. The quantitative estimate of drug-likeness (QED) is 0.695. The smallest absolute Gasteiger partial charge is 0.380 e. The van der Waals surface area contributed by atoms with Crippen molar-refractivity contribution in [3.05, 3.63) is 0 Å². The van der Waals surface area contributed by atoms with E-state index in [1.54, 1.807) is 6.92 Å². The molecule has 4 heteroatoms. The molecule has 0 amide bonds. The number of hydrogen-bond acceptors (Lipinski definition) is 1. The highest BCUT2D eigenvalue weighted by Gasteiger charge is 2.63. The van der Waals surface area contributed by atoms with Crippen LogP contribution in [0.15, 0.2) is 0 Å². The molecular formula is C8H13F3O. The lowest BCUT2D eigenvalue weighted by Gasteiger charge is -2.29. The predicted octanol–water partition coefficient (Wildman–Crippen LogP) is 2.35. The van der Waals surface area contributed by atoms with Crippen LogP contribution in [0.5, 0.6) is 0 Å². The third-order valence-electron chi connectivity index (χ3n) is 2.75. The Labute approximate surface area is 69.6 Å². The zero-order valence-electron chi connectivity index (χ0n) is 7.15. The molecule has 1 fully saturated rings. The van der Waals surface area contributed by atoms with Crippen molar-refractivity contribution < 1.29 is 18.3 Å². The molecule has 0 aromatic carbocycles. The first-order valence-electron chi connectivity index (χ1n) is 4.12. The maximum absolute atomic E-state index is 12.3. The number of halogens is 3. The van der Waals surface area contributed by atoms with Crippen molar-refractivity contribution in [2.75, 3.05) is 0 Å². The van der Waals surface area contributed by atoms with E-state index in [0.29, 0.717) is 6.42 Å². The van der Waals surface area contributed by atoms with Gasteiger partial charge in [-0.05, 0) is 24.7 Å². The Bertz CT molecular complexity index is 178. The van der Waals surface area contributed by atoms with Crippen LogP contribution in [0.25, 0.3) is 0 Å². The van der Waals surface area contributed by atoms with Crippen molar-refractivity contribution in [2.45, 2.75) is 38.5 Å². The largest absolute Gasteiger partial charge is 0.417 e. The van der Waals surface area contributed by atoms with Crippen LogP contribution in [0.3, 0.4) is 0 Å². The Morgan fingerprint density at radius 3 is 1.92 bits per heavy atom. The molecule has 0 radical (unpaired) electrons. The molecule has 1 aliphatic carbocycles. The lowest BCUT2D eigenvalue weighted by Crippen LogP contribution is -2.47. The second-order valence-electron chi connectivity index (χ2n) is 3.60. The van der Waals surface area contributed by atoms with Gasteiger partial charge in [-0.25, -0.2) is 0 Å². The molecule has 1 aliphatic rings. The summed E-state index contributed by atoms with van der Waals surface area (Å²) in [4.78, 5) is 0. The maximum Gasteiger partial charge on any atom is 0.417 e. The Hall–Kier alpha value is -0.250. The van der Waals surface area contributed by atoms with Crippen molar-refractivity contribution in [3.63, 3.8) is 0 Å². The predicted molar refractivity (Wildman–Crippen MR) is 38.6 cm³/mol. The fourth-order valence-corrected chi connectivity index (χ4v) is 1.66. The van der Waals surface area contributed by atoms with Crippen LogP contribution in [-0.2, 0) is 0 Å². The summed E-state index contributed by atoms with van der Waals surface area (Å²) in [6, 6.07) is 0. The van der Waals surface area contributed by atoms with Gasteiger partial charge in [0.1, 0.15) is 0 Å². The highest BCUT2D eigenvalue weighted by Crippen LogP contribution is 2.53. The molecule has 0 aliphatic heterocycles. The maximum atomic E-state index is 12.3. The first-order valence-corrected chi connectivity index (χ1v) is 4.12. The summed E-state index contributed by atoms with van der Waals surface area (Å²) in [6.07, 6.45) is -4.23. The zero-order valence-corrected chi connectivity index (χ0v) is 7.15. The van der Waals surface area contributed by atoms with Crippen molar-refractivity contribution in [1.82, 2.24) is 0 Å². The second kappa shape index (κ2) is 2.62. The van der Waals surface area contributed by atoms with Gasteiger partial charge >= 0.3 is 6.18 Å². The molecule has 0 aromatic rings. The summed E-state index contributed by atoms with van der Waals surface area (Å²) in [5.41, 5.74) is -2.44. The van der Waals surface area contributed by atoms with Gasteiger partial charge < -0.3 is 5.11 Å². The van der Waals surface area contributed by atoms with Crippen molar-refractivity contribution in [1.29, 1.82) is 0 Å². The second-order valence-corrected chi connectivity index (χ2v) is 3.60. The fourth-order valence-electron chi connectivity index (χ4n) is 1.66. The third-order valence-corrected chi connectivity index (χ3v) is 2.75. The number of aliphatic hydroxyl groups is 1. The van der Waals surface area contributed by atoms with E-state index in [1.165, 1.54) is 6.92 Å². The average molecular weight is 182 g/mol. The molecular weight excluding hydrogens is 169 g/mol. The Balaban J connectivity index is 2.76. The van der Waals surface area contributed by atoms with Crippen LogP contribution >= 0.6 is 0 Å². The molecule has 0 bridgehead atoms. The van der Waals surface area contributed by atoms with Crippen LogP contribution in [0, 0.1) is 11.8 Å². The van der Waals surface area contributed by atoms with Crippen LogP contribution in [0.1, 0.15) is 26.7 Å². The Kier molecular flexibility index (Phi) is 2.15. The van der Waals surface area contributed by atoms with Gasteiger partial charge in [-0.1, -0.05) is 13.8 Å². The fraction of sp³-hybridized carbons (Fsp3) is 1.00. The third kappa shape index (κ3) is 1.32. The normalized spacial score (nSPS) is 34.5. The summed E-state index contributed by atoms with van der Waals surface area (Å²) >= 11 is 0. The molecule has 3 unspecified atom stereocenters. The highest BCUT2D eigenvalue weighted by atomic mass is 19.4. The molecule has 1 saturated carbocycles. The summed E-state index contributed by atoms with van der Waals surface area (Å²) in [6.45, 7) is 3.11. The standard InChI is InChI=1S/C8H13F3O/c1-3-7(12,8(9,10)11)6-4-5(6)2/h5-6,12H,3-4H2,1-2H3. The average Bonchev–Trinajstić information content (AvgIpc) is 2.63. The molecule has 0 saturated heterocycles. The lowest BCUT2D eigenvalue weighted by atomic mass is 9.93. The topological polar surface area (TPSA) is 20.2 Å². The molecule has 72 valence electrons. The van der Waals surface area contributed by atoms with E-state index in [1.807, 2.05) is 0 Å². The molecule has 1 nitrogen and oxygen atoms in total. The van der Waals surface area contributed by atoms with E-state index < -0.39 is 17.7 Å². The molecule has 0 aromatic heterocycles. The van der Waals surface area contributed by atoms with Gasteiger partial charge in [-0.3, -0.25) is 0 Å². The Morgan fingerprint density at radius 1 is 1.42 bits per heavy atom. The van der Waals surface area contributed by atoms with Gasteiger partial charge in [0.25, 0.3) is 0 Å². The van der Waals surface area contributed by atoms with Gasteiger partial charge in [-0.15, -0.1) is 0 Å². The van der Waals surface area contributed by atoms with E-state index in [-0.39, 0.29) is 12.3 Å². The minimum atomic E-state index is -4.48. The minimum Gasteiger partial charge on any atom is -0.380 e. The summed E-state index contributed by atoms with van der Waals surface area (Å²) < 4.78 is 37.0. The van der Waals surface area contributed by atoms with Crippen LogP contribution in [0.4, 0.5) is 13.2 Å². The Morgan fingerprint density at radius 2 is 1.83 bits per heavy atom. The summed E-state index contributed by atoms with van der Waals surface area (Å²) in [5, 5.41) is 9.34. The zero-order chi connectivity index (χ0) is 9.57. The molecule has 0 heterocycles. The van der Waals surface area contributed by atoms with Crippen molar-refractivity contribution in [2.24, 2.45) is 11.8 Å². The first-order chi connectivity index (χ1) is 5.33. The van der Waals surface area contributed by atoms with Crippen molar-refractivity contribution in [3.8, 4) is 0 Å². The molecule has 3 atom stereocenters. The van der Waals surface area contributed by atoms with E-state index in [2.05, 4.69) is 0 Å². The lowest BCUT2D eigenvalue weighted by molar-refractivity contribution is -0.270. The van der Waals surface area contributed by atoms with Gasteiger partial charge in [0, 0.05) is 0 Å². The molecule has 0 spiro atoms.